The van der Waals surface area contributed by atoms with Crippen LogP contribution in [0.4, 0.5) is 5.69 Å². The molecule has 3 nitrogen and oxygen atoms in total. The van der Waals surface area contributed by atoms with Crippen LogP contribution in [-0.4, -0.2) is 0 Å². The summed E-state index contributed by atoms with van der Waals surface area (Å²) in [4.78, 5) is 0. The van der Waals surface area contributed by atoms with Crippen molar-refractivity contribution < 1.29 is 4.74 Å². The Labute approximate surface area is 114 Å². The minimum atomic E-state index is 0.340. The lowest BCUT2D eigenvalue weighted by atomic mass is 10.2. The molecule has 0 aliphatic heterocycles. The maximum absolute atomic E-state index is 8.74. The molecule has 0 radical (unpaired) electrons. The minimum Gasteiger partial charge on any atom is -0.454 e. The van der Waals surface area contributed by atoms with Gasteiger partial charge in [-0.25, -0.2) is 0 Å². The summed E-state index contributed by atoms with van der Waals surface area (Å²) < 4.78 is 5.57. The Balaban J connectivity index is 2.34. The Morgan fingerprint density at radius 2 is 1.78 bits per heavy atom. The van der Waals surface area contributed by atoms with Gasteiger partial charge >= 0.3 is 0 Å². The zero-order chi connectivity index (χ0) is 13.1. The van der Waals surface area contributed by atoms with Crippen molar-refractivity contribution in [2.24, 2.45) is 0 Å². The standard InChI is InChI=1S/C13H8Cl2N2O/c14-10-3-2-9(17)6-13(10)18-12-4-1-8(7-16)5-11(12)15/h1-6H,17H2. The Bertz CT molecular complexity index is 635. The fourth-order valence-corrected chi connectivity index (χ4v) is 1.75. The number of hydrogen-bond acceptors (Lipinski definition) is 3. The third-order valence-electron chi connectivity index (χ3n) is 2.24. The number of nitrogens with two attached hydrogens (primary N) is 1. The maximum atomic E-state index is 8.74. The smallest absolute Gasteiger partial charge is 0.148 e. The SMILES string of the molecule is N#Cc1ccc(Oc2cc(N)ccc2Cl)c(Cl)c1. The Morgan fingerprint density at radius 3 is 2.44 bits per heavy atom. The predicted molar refractivity (Wildman–Crippen MR) is 72.1 cm³/mol. The van der Waals surface area contributed by atoms with Gasteiger partial charge in [-0.05, 0) is 30.3 Å². The molecule has 90 valence electrons. The second kappa shape index (κ2) is 5.18. The van der Waals surface area contributed by atoms with Crippen molar-refractivity contribution in [3.05, 3.63) is 52.0 Å². The van der Waals surface area contributed by atoms with Crippen LogP contribution in [-0.2, 0) is 0 Å². The highest BCUT2D eigenvalue weighted by Crippen LogP contribution is 2.34. The van der Waals surface area contributed by atoms with Crippen molar-refractivity contribution in [2.45, 2.75) is 0 Å². The number of anilines is 1. The average molecular weight is 279 g/mol. The van der Waals surface area contributed by atoms with Gasteiger partial charge in [0.2, 0.25) is 0 Å². The van der Waals surface area contributed by atoms with E-state index in [0.717, 1.165) is 0 Å². The molecule has 2 aromatic rings. The molecular formula is C13H8Cl2N2O. The number of hydrogen-bond donors (Lipinski definition) is 1. The van der Waals surface area contributed by atoms with Crippen LogP contribution < -0.4 is 10.5 Å². The van der Waals surface area contributed by atoms with Crippen molar-refractivity contribution in [2.75, 3.05) is 5.73 Å². The minimum absolute atomic E-state index is 0.340. The van der Waals surface area contributed by atoms with Gasteiger partial charge in [0.1, 0.15) is 11.5 Å². The lowest BCUT2D eigenvalue weighted by Crippen LogP contribution is -1.90. The van der Waals surface area contributed by atoms with E-state index < -0.39 is 0 Å². The van der Waals surface area contributed by atoms with Crippen LogP contribution in [0.2, 0.25) is 10.0 Å². The van der Waals surface area contributed by atoms with E-state index in [1.54, 1.807) is 30.3 Å². The van der Waals surface area contributed by atoms with E-state index in [1.165, 1.54) is 6.07 Å². The summed E-state index contributed by atoms with van der Waals surface area (Å²) in [6, 6.07) is 11.7. The first-order valence-electron chi connectivity index (χ1n) is 5.02. The average Bonchev–Trinajstić information content (AvgIpc) is 2.36. The molecule has 0 atom stereocenters. The highest BCUT2D eigenvalue weighted by atomic mass is 35.5. The number of nitriles is 1. The van der Waals surface area contributed by atoms with Gasteiger partial charge in [-0.2, -0.15) is 5.26 Å². The quantitative estimate of drug-likeness (QED) is 0.836. The van der Waals surface area contributed by atoms with Crippen LogP contribution in [0, 0.1) is 11.3 Å². The first kappa shape index (κ1) is 12.6. The molecule has 0 aromatic heterocycles. The van der Waals surface area contributed by atoms with E-state index in [4.69, 9.17) is 38.9 Å². The maximum Gasteiger partial charge on any atom is 0.148 e. The van der Waals surface area contributed by atoms with Crippen LogP contribution in [0.1, 0.15) is 5.56 Å². The molecule has 0 heterocycles. The predicted octanol–water partition coefficient (Wildman–Crippen LogP) is 4.24. The number of rotatable bonds is 2. The van der Waals surface area contributed by atoms with Crippen molar-refractivity contribution in [1.82, 2.24) is 0 Å². The molecule has 0 amide bonds. The summed E-state index contributed by atoms with van der Waals surface area (Å²) in [5, 5.41) is 9.51. The van der Waals surface area contributed by atoms with E-state index in [2.05, 4.69) is 0 Å². The highest BCUT2D eigenvalue weighted by Gasteiger charge is 2.07. The number of benzene rings is 2. The molecule has 0 aliphatic rings. The second-order valence-electron chi connectivity index (χ2n) is 3.55. The van der Waals surface area contributed by atoms with Gasteiger partial charge in [-0.15, -0.1) is 0 Å². The second-order valence-corrected chi connectivity index (χ2v) is 4.36. The first-order chi connectivity index (χ1) is 8.60. The van der Waals surface area contributed by atoms with Crippen molar-refractivity contribution in [1.29, 1.82) is 5.26 Å². The largest absolute Gasteiger partial charge is 0.454 e. The molecule has 2 aromatic carbocycles. The number of ether oxygens (including phenoxy) is 1. The third kappa shape index (κ3) is 2.67. The van der Waals surface area contributed by atoms with E-state index in [0.29, 0.717) is 32.8 Å². The van der Waals surface area contributed by atoms with E-state index >= 15 is 0 Å². The fraction of sp³-hybridized carbons (Fsp3) is 0. The van der Waals surface area contributed by atoms with Crippen LogP contribution in [0.25, 0.3) is 0 Å². The fourth-order valence-electron chi connectivity index (χ4n) is 1.37. The summed E-state index contributed by atoms with van der Waals surface area (Å²) >= 11 is 12.0. The molecule has 0 saturated heterocycles. The molecule has 2 rings (SSSR count). The molecule has 0 aliphatic carbocycles. The Kier molecular flexibility index (Phi) is 3.61. The number of nitrogen functional groups attached to an aromatic ring is 1. The Hall–Kier alpha value is -1.89. The first-order valence-corrected chi connectivity index (χ1v) is 5.78. The van der Waals surface area contributed by atoms with Gasteiger partial charge in [-0.3, -0.25) is 0 Å². The third-order valence-corrected chi connectivity index (χ3v) is 2.84. The molecule has 18 heavy (non-hydrogen) atoms. The van der Waals surface area contributed by atoms with E-state index in [9.17, 15) is 0 Å². The summed E-state index contributed by atoms with van der Waals surface area (Å²) in [5.41, 5.74) is 6.65. The van der Waals surface area contributed by atoms with Crippen molar-refractivity contribution in [3.63, 3.8) is 0 Å². The van der Waals surface area contributed by atoms with Crippen LogP contribution in [0.5, 0.6) is 11.5 Å². The van der Waals surface area contributed by atoms with Crippen LogP contribution in [0.15, 0.2) is 36.4 Å². The van der Waals surface area contributed by atoms with E-state index in [-0.39, 0.29) is 0 Å². The molecule has 0 spiro atoms. The zero-order valence-electron chi connectivity index (χ0n) is 9.15. The lowest BCUT2D eigenvalue weighted by Gasteiger charge is -2.09. The summed E-state index contributed by atoms with van der Waals surface area (Å²) in [7, 11) is 0. The summed E-state index contributed by atoms with van der Waals surface area (Å²) in [5.74, 6) is 0.839. The molecule has 0 unspecified atom stereocenters. The molecular weight excluding hydrogens is 271 g/mol. The number of halogens is 2. The topological polar surface area (TPSA) is 59.0 Å². The van der Waals surface area contributed by atoms with Gasteiger partial charge in [0.15, 0.2) is 0 Å². The number of nitrogens with zero attached hydrogens (tertiary/aromatic N) is 1. The highest BCUT2D eigenvalue weighted by molar-refractivity contribution is 6.33. The summed E-state index contributed by atoms with van der Waals surface area (Å²) in [6.45, 7) is 0. The normalized spacial score (nSPS) is 9.83. The van der Waals surface area contributed by atoms with Crippen molar-refractivity contribution >= 4 is 28.9 Å². The molecule has 0 saturated carbocycles. The van der Waals surface area contributed by atoms with Gasteiger partial charge in [0, 0.05) is 11.8 Å². The monoisotopic (exact) mass is 278 g/mol. The zero-order valence-corrected chi connectivity index (χ0v) is 10.7. The van der Waals surface area contributed by atoms with Gasteiger partial charge < -0.3 is 10.5 Å². The Morgan fingerprint density at radius 1 is 1.00 bits per heavy atom. The lowest BCUT2D eigenvalue weighted by molar-refractivity contribution is 0.483. The molecule has 5 heteroatoms. The van der Waals surface area contributed by atoms with Gasteiger partial charge in [0.05, 0.1) is 21.7 Å². The van der Waals surface area contributed by atoms with Gasteiger partial charge in [0.25, 0.3) is 0 Å². The molecule has 0 fully saturated rings. The van der Waals surface area contributed by atoms with E-state index in [1.807, 2.05) is 6.07 Å². The molecule has 0 bridgehead atoms. The van der Waals surface area contributed by atoms with Crippen LogP contribution >= 0.6 is 23.2 Å². The molecule has 2 N–H and O–H groups in total. The van der Waals surface area contributed by atoms with Crippen LogP contribution in [0.3, 0.4) is 0 Å². The summed E-state index contributed by atoms with van der Waals surface area (Å²) in [6.07, 6.45) is 0. The van der Waals surface area contributed by atoms with Gasteiger partial charge in [-0.1, -0.05) is 23.2 Å². The van der Waals surface area contributed by atoms with Crippen molar-refractivity contribution in [3.8, 4) is 17.6 Å².